The number of rotatable bonds is 5. The normalized spacial score (nSPS) is 20.3. The lowest BCUT2D eigenvalue weighted by Gasteiger charge is -2.20. The number of hydrogen-bond acceptors (Lipinski definition) is 3. The predicted octanol–water partition coefficient (Wildman–Crippen LogP) is 0.168. The minimum atomic E-state index is -4.40. The lowest BCUT2D eigenvalue weighted by Crippen LogP contribution is -2.50. The van der Waals surface area contributed by atoms with Crippen molar-refractivity contribution in [3.8, 4) is 0 Å². The average Bonchev–Trinajstić information content (AvgIpc) is 2.93. The molecule has 1 aliphatic rings. The molecule has 1 fully saturated rings. The van der Waals surface area contributed by atoms with Crippen LogP contribution in [0.25, 0.3) is 0 Å². The number of nitrogens with one attached hydrogen (secondary N) is 2. The van der Waals surface area contributed by atoms with E-state index in [0.717, 1.165) is 12.8 Å². The second-order valence-electron chi connectivity index (χ2n) is 4.14. The van der Waals surface area contributed by atoms with E-state index < -0.39 is 30.2 Å². The molecule has 1 unspecified atom stereocenters. The van der Waals surface area contributed by atoms with Crippen molar-refractivity contribution in [3.05, 3.63) is 0 Å². The predicted molar refractivity (Wildman–Crippen MR) is 50.7 cm³/mol. The molecular weight excluding hydrogens is 225 g/mol. The van der Waals surface area contributed by atoms with Crippen LogP contribution in [0.5, 0.6) is 0 Å². The number of aliphatic hydroxyl groups excluding tert-OH is 1. The Hall–Kier alpha value is -0.820. The van der Waals surface area contributed by atoms with Crippen LogP contribution < -0.4 is 10.6 Å². The number of halogens is 3. The van der Waals surface area contributed by atoms with Crippen LogP contribution in [0.2, 0.25) is 0 Å². The smallest absolute Gasteiger partial charge is 0.394 e. The maximum atomic E-state index is 11.8. The highest BCUT2D eigenvalue weighted by Gasteiger charge is 2.43. The van der Waals surface area contributed by atoms with Gasteiger partial charge in [0.1, 0.15) is 6.54 Å². The van der Waals surface area contributed by atoms with Gasteiger partial charge in [-0.05, 0) is 19.8 Å². The molecule has 4 nitrogen and oxygen atoms in total. The van der Waals surface area contributed by atoms with Crippen LogP contribution in [0.1, 0.15) is 19.8 Å². The Morgan fingerprint density at radius 3 is 2.44 bits per heavy atom. The molecule has 1 saturated carbocycles. The summed E-state index contributed by atoms with van der Waals surface area (Å²) in [5.41, 5.74) is -0.463. The summed E-state index contributed by atoms with van der Waals surface area (Å²) in [5.74, 6) is -0.711. The van der Waals surface area contributed by atoms with Crippen LogP contribution >= 0.6 is 0 Å². The van der Waals surface area contributed by atoms with Gasteiger partial charge in [-0.1, -0.05) is 0 Å². The van der Waals surface area contributed by atoms with Crippen LogP contribution in [-0.4, -0.2) is 41.9 Å². The first-order valence-electron chi connectivity index (χ1n) is 5.01. The van der Waals surface area contributed by atoms with Gasteiger partial charge in [-0.3, -0.25) is 10.1 Å². The maximum Gasteiger partial charge on any atom is 0.405 e. The largest absolute Gasteiger partial charge is 0.405 e. The molecule has 0 saturated heterocycles. The molecule has 1 atom stereocenters. The van der Waals surface area contributed by atoms with Crippen molar-refractivity contribution in [2.24, 2.45) is 0 Å². The molecule has 16 heavy (non-hydrogen) atoms. The lowest BCUT2D eigenvalue weighted by atomic mass is 10.2. The van der Waals surface area contributed by atoms with E-state index in [1.54, 1.807) is 5.32 Å². The summed E-state index contributed by atoms with van der Waals surface area (Å²) in [6.45, 7) is 0.0370. The summed E-state index contributed by atoms with van der Waals surface area (Å²) in [6, 6.07) is -0.739. The summed E-state index contributed by atoms with van der Waals surface area (Å²) in [4.78, 5) is 11.3. The van der Waals surface area contributed by atoms with Gasteiger partial charge in [0.15, 0.2) is 0 Å². The third kappa shape index (κ3) is 3.97. The van der Waals surface area contributed by atoms with Crippen LogP contribution in [-0.2, 0) is 4.79 Å². The van der Waals surface area contributed by atoms with E-state index in [1.165, 1.54) is 6.92 Å². The van der Waals surface area contributed by atoms with Crippen molar-refractivity contribution < 1.29 is 23.1 Å². The second kappa shape index (κ2) is 4.58. The molecule has 3 N–H and O–H groups in total. The summed E-state index contributed by atoms with van der Waals surface area (Å²) in [6.07, 6.45) is -2.93. The van der Waals surface area contributed by atoms with Gasteiger partial charge in [0.25, 0.3) is 0 Å². The number of carbonyl (C=O) groups excluding carboxylic acids is 1. The molecule has 0 aliphatic heterocycles. The van der Waals surface area contributed by atoms with Crippen molar-refractivity contribution in [2.45, 2.75) is 37.5 Å². The van der Waals surface area contributed by atoms with Crippen LogP contribution in [0, 0.1) is 0 Å². The van der Waals surface area contributed by atoms with E-state index >= 15 is 0 Å². The Labute approximate surface area is 91.2 Å². The summed E-state index contributed by atoms with van der Waals surface area (Å²) in [7, 11) is 0. The first-order valence-corrected chi connectivity index (χ1v) is 5.01. The van der Waals surface area contributed by atoms with Crippen LogP contribution in [0.15, 0.2) is 0 Å². The monoisotopic (exact) mass is 240 g/mol. The van der Waals surface area contributed by atoms with E-state index in [-0.39, 0.29) is 6.61 Å². The molecule has 7 heteroatoms. The van der Waals surface area contributed by atoms with Crippen molar-refractivity contribution in [3.63, 3.8) is 0 Å². The highest BCUT2D eigenvalue weighted by molar-refractivity contribution is 5.81. The highest BCUT2D eigenvalue weighted by atomic mass is 19.4. The van der Waals surface area contributed by atoms with Gasteiger partial charge in [-0.25, -0.2) is 0 Å². The Bertz CT molecular complexity index is 264. The topological polar surface area (TPSA) is 61.4 Å². The van der Waals surface area contributed by atoms with Crippen molar-refractivity contribution in [2.75, 3.05) is 13.2 Å². The van der Waals surface area contributed by atoms with Gasteiger partial charge in [0.2, 0.25) is 5.91 Å². The molecule has 1 rings (SSSR count). The van der Waals surface area contributed by atoms with E-state index in [4.69, 9.17) is 5.11 Å². The number of amides is 1. The fraction of sp³-hybridized carbons (Fsp3) is 0.889. The second-order valence-corrected chi connectivity index (χ2v) is 4.14. The molecular formula is C9H15F3N2O2. The Morgan fingerprint density at radius 2 is 2.06 bits per heavy atom. The van der Waals surface area contributed by atoms with Gasteiger partial charge >= 0.3 is 6.18 Å². The molecule has 0 spiro atoms. The van der Waals surface area contributed by atoms with E-state index in [9.17, 15) is 18.0 Å². The Kier molecular flexibility index (Phi) is 3.80. The van der Waals surface area contributed by atoms with Crippen LogP contribution in [0.4, 0.5) is 13.2 Å². The highest BCUT2D eigenvalue weighted by Crippen LogP contribution is 2.34. The molecule has 0 heterocycles. The molecule has 1 amide bonds. The first-order chi connectivity index (χ1) is 7.28. The molecule has 0 bridgehead atoms. The average molecular weight is 240 g/mol. The SMILES string of the molecule is CC(NC1(CO)CC1)C(=O)NCC(F)(F)F. The van der Waals surface area contributed by atoms with Gasteiger partial charge in [-0.15, -0.1) is 0 Å². The summed E-state index contributed by atoms with van der Waals surface area (Å²) in [5, 5.41) is 13.6. The number of alkyl halides is 3. The fourth-order valence-corrected chi connectivity index (χ4v) is 1.36. The molecule has 0 radical (unpaired) electrons. The van der Waals surface area contributed by atoms with Gasteiger partial charge in [0, 0.05) is 5.54 Å². The minimum absolute atomic E-state index is 0.107. The number of aliphatic hydroxyl groups is 1. The Balaban J connectivity index is 2.31. The maximum absolute atomic E-state index is 11.8. The van der Waals surface area contributed by atoms with Gasteiger partial charge < -0.3 is 10.4 Å². The van der Waals surface area contributed by atoms with E-state index in [2.05, 4.69) is 5.32 Å². The number of carbonyl (C=O) groups is 1. The molecule has 0 aromatic rings. The molecule has 1 aliphatic carbocycles. The Morgan fingerprint density at radius 1 is 1.50 bits per heavy atom. The molecule has 0 aromatic heterocycles. The fourth-order valence-electron chi connectivity index (χ4n) is 1.36. The zero-order valence-corrected chi connectivity index (χ0v) is 8.90. The first kappa shape index (κ1) is 13.2. The van der Waals surface area contributed by atoms with Gasteiger partial charge in [-0.2, -0.15) is 13.2 Å². The van der Waals surface area contributed by atoms with Crippen molar-refractivity contribution in [1.29, 1.82) is 0 Å². The van der Waals surface area contributed by atoms with Crippen molar-refractivity contribution >= 4 is 5.91 Å². The zero-order chi connectivity index (χ0) is 12.4. The minimum Gasteiger partial charge on any atom is -0.394 e. The lowest BCUT2D eigenvalue weighted by molar-refractivity contribution is -0.139. The quantitative estimate of drug-likeness (QED) is 0.642. The van der Waals surface area contributed by atoms with Gasteiger partial charge in [0.05, 0.1) is 12.6 Å². The standard InChI is InChI=1S/C9H15F3N2O2/c1-6(14-8(5-15)2-3-8)7(16)13-4-9(10,11)12/h6,14-15H,2-5H2,1H3,(H,13,16). The zero-order valence-electron chi connectivity index (χ0n) is 8.90. The third-order valence-electron chi connectivity index (χ3n) is 2.54. The summed E-state index contributed by atoms with van der Waals surface area (Å²) >= 11 is 0. The molecule has 0 aromatic carbocycles. The molecule has 94 valence electrons. The summed E-state index contributed by atoms with van der Waals surface area (Å²) < 4.78 is 35.5. The van der Waals surface area contributed by atoms with Crippen molar-refractivity contribution in [1.82, 2.24) is 10.6 Å². The van der Waals surface area contributed by atoms with E-state index in [0.29, 0.717) is 0 Å². The number of hydrogen-bond donors (Lipinski definition) is 3. The van der Waals surface area contributed by atoms with E-state index in [1.807, 2.05) is 0 Å². The van der Waals surface area contributed by atoms with Crippen LogP contribution in [0.3, 0.4) is 0 Å². The third-order valence-corrected chi connectivity index (χ3v) is 2.54.